The molecule has 0 saturated heterocycles. The van der Waals surface area contributed by atoms with E-state index in [1.54, 1.807) is 0 Å². The van der Waals surface area contributed by atoms with Crippen LogP contribution in [0.4, 0.5) is 0 Å². The summed E-state index contributed by atoms with van der Waals surface area (Å²) in [5.74, 6) is -1.38. The van der Waals surface area contributed by atoms with Crippen LogP contribution in [0.15, 0.2) is 12.2 Å². The van der Waals surface area contributed by atoms with Crippen LogP contribution in [0.5, 0.6) is 0 Å². The predicted molar refractivity (Wildman–Crippen MR) is 218 cm³/mol. The van der Waals surface area contributed by atoms with E-state index in [-0.39, 0.29) is 30.1 Å². The number of esters is 2. The van der Waals surface area contributed by atoms with Crippen LogP contribution < -0.4 is 0 Å². The smallest absolute Gasteiger partial charge is 0.385 e. The van der Waals surface area contributed by atoms with Crippen molar-refractivity contribution in [2.75, 3.05) is 34.4 Å². The average molecular weight is 759 g/mol. The third kappa shape index (κ3) is 31.2. The van der Waals surface area contributed by atoms with Gasteiger partial charge in [-0.1, -0.05) is 161 Å². The zero-order valence-electron chi connectivity index (χ0n) is 35.0. The molecule has 9 heteroatoms. The van der Waals surface area contributed by atoms with Gasteiger partial charge in [0.2, 0.25) is 0 Å². The molecular formula is C43H85NO7P+. The fourth-order valence-electron chi connectivity index (χ4n) is 6.74. The van der Waals surface area contributed by atoms with Crippen molar-refractivity contribution >= 4 is 19.5 Å². The number of quaternary nitrogens is 1. The molecule has 0 aliphatic heterocycles. The summed E-state index contributed by atoms with van der Waals surface area (Å²) in [6.07, 6.45) is 36.2. The number of hydrogen-bond acceptors (Lipinski definition) is 6. The quantitative estimate of drug-likeness (QED) is 0.0220. The third-order valence-electron chi connectivity index (χ3n) is 9.94. The fraction of sp³-hybridized carbons (Fsp3) is 0.907. The van der Waals surface area contributed by atoms with E-state index >= 15 is 0 Å². The van der Waals surface area contributed by atoms with Gasteiger partial charge in [0.25, 0.3) is 0 Å². The van der Waals surface area contributed by atoms with Crippen LogP contribution >= 0.6 is 7.60 Å². The first-order chi connectivity index (χ1) is 25.0. The van der Waals surface area contributed by atoms with Gasteiger partial charge in [-0.05, 0) is 38.5 Å². The summed E-state index contributed by atoms with van der Waals surface area (Å²) in [5.41, 5.74) is 0. The first-order valence-corrected chi connectivity index (χ1v) is 23.4. The van der Waals surface area contributed by atoms with Crippen molar-refractivity contribution in [3.8, 4) is 0 Å². The Kier molecular flexibility index (Phi) is 33.5. The average Bonchev–Trinajstić information content (AvgIpc) is 3.09. The number of carbonyl (C=O) groups is 2. The Morgan fingerprint density at radius 1 is 0.577 bits per heavy atom. The molecule has 52 heavy (non-hydrogen) atoms. The second-order valence-corrected chi connectivity index (χ2v) is 18.0. The van der Waals surface area contributed by atoms with Crippen molar-refractivity contribution in [1.82, 2.24) is 0 Å². The van der Waals surface area contributed by atoms with Gasteiger partial charge in [0.15, 0.2) is 11.9 Å². The molecule has 0 amide bonds. The van der Waals surface area contributed by atoms with Gasteiger partial charge in [-0.2, -0.15) is 0 Å². The van der Waals surface area contributed by atoms with Gasteiger partial charge in [0.05, 0.1) is 27.7 Å². The van der Waals surface area contributed by atoms with E-state index in [1.165, 1.54) is 122 Å². The molecule has 0 radical (unpaired) electrons. The predicted octanol–water partition coefficient (Wildman–Crippen LogP) is 12.6. The summed E-state index contributed by atoms with van der Waals surface area (Å²) >= 11 is 0. The monoisotopic (exact) mass is 759 g/mol. The van der Waals surface area contributed by atoms with Crippen LogP contribution in [0.1, 0.15) is 207 Å². The minimum atomic E-state index is -4.03. The lowest BCUT2D eigenvalue weighted by Crippen LogP contribution is -2.45. The van der Waals surface area contributed by atoms with Gasteiger partial charge < -0.3 is 23.4 Å². The summed E-state index contributed by atoms with van der Waals surface area (Å²) in [4.78, 5) is 36.0. The van der Waals surface area contributed by atoms with Gasteiger partial charge >= 0.3 is 19.5 Å². The number of rotatable bonds is 38. The van der Waals surface area contributed by atoms with E-state index < -0.39 is 25.5 Å². The molecule has 2 unspecified atom stereocenters. The second kappa shape index (κ2) is 34.3. The molecule has 0 fully saturated rings. The Morgan fingerprint density at radius 2 is 0.962 bits per heavy atom. The van der Waals surface area contributed by atoms with Crippen LogP contribution in [0, 0.1) is 0 Å². The van der Waals surface area contributed by atoms with E-state index in [0.29, 0.717) is 19.3 Å². The van der Waals surface area contributed by atoms with Gasteiger partial charge in [0, 0.05) is 19.3 Å². The largest absolute Gasteiger partial charge is 0.462 e. The first-order valence-electron chi connectivity index (χ1n) is 21.8. The van der Waals surface area contributed by atoms with Crippen molar-refractivity contribution in [3.05, 3.63) is 12.2 Å². The van der Waals surface area contributed by atoms with E-state index in [2.05, 4.69) is 26.0 Å². The molecular weight excluding hydrogens is 673 g/mol. The van der Waals surface area contributed by atoms with Crippen LogP contribution in [-0.4, -0.2) is 67.6 Å². The van der Waals surface area contributed by atoms with E-state index in [4.69, 9.17) is 14.0 Å². The Hall–Kier alpha value is -1.21. The number of unbranched alkanes of at least 4 members (excludes halogenated alkanes) is 23. The molecule has 0 heterocycles. The lowest BCUT2D eigenvalue weighted by Gasteiger charge is -2.35. The Balaban J connectivity index is 4.47. The third-order valence-corrected chi connectivity index (χ3v) is 12.3. The highest BCUT2D eigenvalue weighted by molar-refractivity contribution is 7.53. The highest BCUT2D eigenvalue weighted by Crippen LogP contribution is 2.51. The van der Waals surface area contributed by atoms with E-state index in [1.807, 2.05) is 28.1 Å². The Bertz CT molecular complexity index is 920. The highest BCUT2D eigenvalue weighted by atomic mass is 31.2. The number of hydrogen-bond donors (Lipinski definition) is 1. The molecule has 0 aliphatic rings. The Labute approximate surface area is 321 Å². The highest BCUT2D eigenvalue weighted by Gasteiger charge is 2.42. The zero-order valence-corrected chi connectivity index (χ0v) is 35.9. The van der Waals surface area contributed by atoms with E-state index in [9.17, 15) is 19.0 Å². The lowest BCUT2D eigenvalue weighted by molar-refractivity contribution is -0.883. The zero-order chi connectivity index (χ0) is 38.8. The molecule has 0 aromatic heterocycles. The molecule has 1 N–H and O–H groups in total. The molecule has 0 aromatic carbocycles. The van der Waals surface area contributed by atoms with Gasteiger partial charge in [-0.3, -0.25) is 14.2 Å². The second-order valence-electron chi connectivity index (χ2n) is 16.0. The SMILES string of the molecule is CCCCCCCCC/C=C\CCCCC(=O)O[C@H](COC(=O)CCCCCCCCCCCCCCCCC)COP(=O)(O)C(CC)[N+](C)(C)C. The molecule has 0 spiro atoms. The normalized spacial score (nSPS) is 14.4. The number of ether oxygens (including phenoxy) is 2. The fourth-order valence-corrected chi connectivity index (χ4v) is 8.63. The van der Waals surface area contributed by atoms with Crippen molar-refractivity contribution < 1.29 is 37.5 Å². The van der Waals surface area contributed by atoms with Gasteiger partial charge in [-0.15, -0.1) is 0 Å². The molecule has 0 rings (SSSR count). The summed E-state index contributed by atoms with van der Waals surface area (Å²) < 4.78 is 30.1. The first kappa shape index (κ1) is 50.8. The van der Waals surface area contributed by atoms with Crippen molar-refractivity contribution in [3.63, 3.8) is 0 Å². The maximum Gasteiger partial charge on any atom is 0.385 e. The molecule has 8 nitrogen and oxygen atoms in total. The van der Waals surface area contributed by atoms with Gasteiger partial charge in [0.1, 0.15) is 6.61 Å². The number of allylic oxidation sites excluding steroid dienone is 2. The summed E-state index contributed by atoms with van der Waals surface area (Å²) in [5, 5.41) is 0. The van der Waals surface area contributed by atoms with Crippen molar-refractivity contribution in [2.45, 2.75) is 219 Å². The summed E-state index contributed by atoms with van der Waals surface area (Å²) in [7, 11) is 1.52. The van der Waals surface area contributed by atoms with E-state index in [0.717, 1.165) is 38.5 Å². The van der Waals surface area contributed by atoms with Crippen molar-refractivity contribution in [2.24, 2.45) is 0 Å². The topological polar surface area (TPSA) is 99.1 Å². The molecule has 0 bridgehead atoms. The molecule has 0 aromatic rings. The van der Waals surface area contributed by atoms with Crippen LogP contribution in [0.25, 0.3) is 0 Å². The van der Waals surface area contributed by atoms with Crippen LogP contribution in [-0.2, 0) is 28.2 Å². The maximum absolute atomic E-state index is 13.2. The van der Waals surface area contributed by atoms with Crippen molar-refractivity contribution in [1.29, 1.82) is 0 Å². The number of nitrogens with zero attached hydrogens (tertiary/aromatic N) is 1. The minimum Gasteiger partial charge on any atom is -0.462 e. The maximum atomic E-state index is 13.2. The summed E-state index contributed by atoms with van der Waals surface area (Å²) in [6, 6.07) is 0. The molecule has 0 aliphatic carbocycles. The Morgan fingerprint density at radius 3 is 1.40 bits per heavy atom. The molecule has 0 saturated carbocycles. The molecule has 3 atom stereocenters. The molecule has 308 valence electrons. The lowest BCUT2D eigenvalue weighted by atomic mass is 10.0. The minimum absolute atomic E-state index is 0.189. The summed E-state index contributed by atoms with van der Waals surface area (Å²) in [6.45, 7) is 5.87. The van der Waals surface area contributed by atoms with Crippen LogP contribution in [0.3, 0.4) is 0 Å². The van der Waals surface area contributed by atoms with Crippen LogP contribution in [0.2, 0.25) is 0 Å². The number of carbonyl (C=O) groups excluding carboxylic acids is 2. The standard InChI is InChI=1S/C43H84NO7P/c1-7-10-12-14-16-18-20-22-23-25-26-28-30-32-34-36-42(45)49-38-40(39-50-52(47,48)41(9-3)44(4,5)6)51-43(46)37-35-33-31-29-27-24-21-19-17-15-13-11-8-2/h27,29,40-41H,7-26,28,30-39H2,1-6H3/p+1/b29-27-/t40-,41?/m1/s1. The van der Waals surface area contributed by atoms with Gasteiger partial charge in [-0.25, -0.2) is 0 Å².